The maximum absolute atomic E-state index is 5.30. The van der Waals surface area contributed by atoms with Gasteiger partial charge in [0.2, 0.25) is 0 Å². The van der Waals surface area contributed by atoms with Gasteiger partial charge in [-0.05, 0) is 70.4 Å². The standard InChI is InChI=1S/C47H28N4S/c1-3-11-29(12-4-1)31-18-21-35-37(25-31)38-27-33(19-22-36(38)46-45(35)50-44-17-9-10-24-51(44)46)47-48-40(30-13-5-2-6-14-30)28-41(49-47)32-20-23-43-39(26-32)34-15-7-8-16-42(34)52-43/h1-28H. The van der Waals surface area contributed by atoms with E-state index in [1.54, 1.807) is 0 Å². The fourth-order valence-corrected chi connectivity index (χ4v) is 8.79. The molecule has 0 aliphatic carbocycles. The maximum atomic E-state index is 5.30. The fraction of sp³-hybridized carbons (Fsp3) is 0. The van der Waals surface area contributed by atoms with Gasteiger partial charge in [-0.15, -0.1) is 11.3 Å². The molecule has 0 radical (unpaired) electrons. The number of aromatic nitrogens is 4. The van der Waals surface area contributed by atoms with Gasteiger partial charge < -0.3 is 0 Å². The van der Waals surface area contributed by atoms with Crippen LogP contribution in [0.2, 0.25) is 0 Å². The van der Waals surface area contributed by atoms with E-state index < -0.39 is 0 Å². The molecule has 4 aromatic heterocycles. The molecule has 11 aromatic rings. The zero-order valence-electron chi connectivity index (χ0n) is 27.9. The lowest BCUT2D eigenvalue weighted by molar-refractivity contribution is 1.18. The second kappa shape index (κ2) is 11.4. The number of imidazole rings is 1. The Morgan fingerprint density at radius 3 is 1.88 bits per heavy atom. The Balaban J connectivity index is 1.18. The highest BCUT2D eigenvalue weighted by Crippen LogP contribution is 2.40. The van der Waals surface area contributed by atoms with Crippen molar-refractivity contribution in [3.8, 4) is 45.0 Å². The predicted molar refractivity (Wildman–Crippen MR) is 218 cm³/mol. The largest absolute Gasteiger partial charge is 0.299 e. The summed E-state index contributed by atoms with van der Waals surface area (Å²) in [5.41, 5.74) is 10.3. The third-order valence-electron chi connectivity index (χ3n) is 10.2. The van der Waals surface area contributed by atoms with Gasteiger partial charge in [0.1, 0.15) is 5.65 Å². The smallest absolute Gasteiger partial charge is 0.160 e. The molecular weight excluding hydrogens is 653 g/mol. The van der Waals surface area contributed by atoms with Crippen LogP contribution in [0.1, 0.15) is 0 Å². The highest BCUT2D eigenvalue weighted by molar-refractivity contribution is 7.25. The van der Waals surface area contributed by atoms with Crippen LogP contribution >= 0.6 is 11.3 Å². The van der Waals surface area contributed by atoms with Crippen LogP contribution in [0.4, 0.5) is 0 Å². The van der Waals surface area contributed by atoms with Crippen molar-refractivity contribution in [1.82, 2.24) is 19.4 Å². The number of thiophene rings is 1. The van der Waals surface area contributed by atoms with Crippen molar-refractivity contribution in [2.45, 2.75) is 0 Å². The van der Waals surface area contributed by atoms with Crippen molar-refractivity contribution >= 4 is 69.7 Å². The second-order valence-corrected chi connectivity index (χ2v) is 14.3. The third-order valence-corrected chi connectivity index (χ3v) is 11.4. The van der Waals surface area contributed by atoms with Crippen LogP contribution in [0.25, 0.3) is 103 Å². The Labute approximate surface area is 302 Å². The first-order valence-electron chi connectivity index (χ1n) is 17.4. The summed E-state index contributed by atoms with van der Waals surface area (Å²) in [6.45, 7) is 0. The van der Waals surface area contributed by atoms with Gasteiger partial charge in [-0.2, -0.15) is 0 Å². The first-order chi connectivity index (χ1) is 25.7. The molecule has 4 heterocycles. The second-order valence-electron chi connectivity index (χ2n) is 13.3. The van der Waals surface area contributed by atoms with Crippen molar-refractivity contribution < 1.29 is 0 Å². The molecule has 0 bridgehead atoms. The normalized spacial score (nSPS) is 11.8. The minimum absolute atomic E-state index is 0.694. The van der Waals surface area contributed by atoms with Gasteiger partial charge in [-0.3, -0.25) is 4.40 Å². The van der Waals surface area contributed by atoms with E-state index in [0.717, 1.165) is 66.3 Å². The van der Waals surface area contributed by atoms with Crippen molar-refractivity contribution in [2.75, 3.05) is 0 Å². The van der Waals surface area contributed by atoms with E-state index in [1.807, 2.05) is 23.5 Å². The van der Waals surface area contributed by atoms with Gasteiger partial charge in [0.15, 0.2) is 5.82 Å². The average Bonchev–Trinajstić information content (AvgIpc) is 3.80. The fourth-order valence-electron chi connectivity index (χ4n) is 7.70. The van der Waals surface area contributed by atoms with Gasteiger partial charge in [0, 0.05) is 53.8 Å². The molecule has 0 fully saturated rings. The molecule has 0 unspecified atom stereocenters. The summed E-state index contributed by atoms with van der Waals surface area (Å²) in [6.07, 6.45) is 2.11. The summed E-state index contributed by atoms with van der Waals surface area (Å²) in [7, 11) is 0. The van der Waals surface area contributed by atoms with E-state index >= 15 is 0 Å². The number of fused-ring (bicyclic) bond motifs is 11. The van der Waals surface area contributed by atoms with Crippen molar-refractivity contribution in [3.63, 3.8) is 0 Å². The minimum atomic E-state index is 0.694. The number of nitrogens with zero attached hydrogens (tertiary/aromatic N) is 4. The molecule has 0 saturated heterocycles. The molecule has 7 aromatic carbocycles. The monoisotopic (exact) mass is 680 g/mol. The number of hydrogen-bond acceptors (Lipinski definition) is 4. The van der Waals surface area contributed by atoms with E-state index in [0.29, 0.717) is 5.82 Å². The van der Waals surface area contributed by atoms with Gasteiger partial charge in [0.05, 0.1) is 22.4 Å². The van der Waals surface area contributed by atoms with Crippen molar-refractivity contribution in [1.29, 1.82) is 0 Å². The number of rotatable bonds is 4. The van der Waals surface area contributed by atoms with E-state index in [9.17, 15) is 0 Å². The molecule has 0 spiro atoms. The highest BCUT2D eigenvalue weighted by atomic mass is 32.1. The summed E-state index contributed by atoms with van der Waals surface area (Å²) in [5, 5.41) is 7.09. The van der Waals surface area contributed by atoms with E-state index in [4.69, 9.17) is 15.0 Å². The minimum Gasteiger partial charge on any atom is -0.299 e. The molecule has 0 N–H and O–H groups in total. The van der Waals surface area contributed by atoms with Crippen molar-refractivity contribution in [2.24, 2.45) is 0 Å². The summed E-state index contributed by atoms with van der Waals surface area (Å²) in [5.74, 6) is 0.694. The molecule has 0 aliphatic rings. The Morgan fingerprint density at radius 2 is 1.02 bits per heavy atom. The predicted octanol–water partition coefficient (Wildman–Crippen LogP) is 12.6. The maximum Gasteiger partial charge on any atom is 0.160 e. The van der Waals surface area contributed by atoms with Crippen molar-refractivity contribution in [3.05, 3.63) is 170 Å². The van der Waals surface area contributed by atoms with Crippen LogP contribution in [-0.4, -0.2) is 19.4 Å². The van der Waals surface area contributed by atoms with Gasteiger partial charge >= 0.3 is 0 Å². The average molecular weight is 681 g/mol. The van der Waals surface area contributed by atoms with Gasteiger partial charge in [0.25, 0.3) is 0 Å². The lowest BCUT2D eigenvalue weighted by Gasteiger charge is -2.13. The van der Waals surface area contributed by atoms with Crippen LogP contribution < -0.4 is 0 Å². The van der Waals surface area contributed by atoms with Crippen LogP contribution in [0, 0.1) is 0 Å². The molecular formula is C47H28N4S. The van der Waals surface area contributed by atoms with E-state index in [1.165, 1.54) is 31.3 Å². The summed E-state index contributed by atoms with van der Waals surface area (Å²) < 4.78 is 4.77. The topological polar surface area (TPSA) is 43.1 Å². The summed E-state index contributed by atoms with van der Waals surface area (Å²) >= 11 is 1.83. The van der Waals surface area contributed by atoms with E-state index in [2.05, 4.69) is 162 Å². The molecule has 52 heavy (non-hydrogen) atoms. The SMILES string of the molecule is c1ccc(-c2ccc3c(c2)c2cc(-c4nc(-c5ccccc5)cc(-c5ccc6sc7ccccc7c6c5)n4)ccc2c2c3nc3ccccn32)cc1. The van der Waals surface area contributed by atoms with Gasteiger partial charge in [-0.1, -0.05) is 115 Å². The Kier molecular flexibility index (Phi) is 6.39. The Bertz CT molecular complexity index is 3180. The molecule has 0 aliphatic heterocycles. The molecule has 11 rings (SSSR count). The molecule has 0 saturated carbocycles. The molecule has 0 atom stereocenters. The van der Waals surface area contributed by atoms with Crippen LogP contribution in [0.3, 0.4) is 0 Å². The van der Waals surface area contributed by atoms with E-state index in [-0.39, 0.29) is 0 Å². The molecule has 0 amide bonds. The Hall–Kier alpha value is -6.69. The first-order valence-corrected chi connectivity index (χ1v) is 18.3. The summed E-state index contributed by atoms with van der Waals surface area (Å²) in [6, 6.07) is 58.1. The first kappa shape index (κ1) is 29.1. The zero-order chi connectivity index (χ0) is 34.2. The Morgan fingerprint density at radius 1 is 0.385 bits per heavy atom. The van der Waals surface area contributed by atoms with Gasteiger partial charge in [-0.25, -0.2) is 15.0 Å². The molecule has 242 valence electrons. The molecule has 5 heteroatoms. The van der Waals surface area contributed by atoms with Crippen LogP contribution in [0.5, 0.6) is 0 Å². The molecule has 4 nitrogen and oxygen atoms in total. The number of hydrogen-bond donors (Lipinski definition) is 0. The lowest BCUT2D eigenvalue weighted by Crippen LogP contribution is -1.96. The quantitative estimate of drug-likeness (QED) is 0.174. The van der Waals surface area contributed by atoms with Crippen LogP contribution in [-0.2, 0) is 0 Å². The zero-order valence-corrected chi connectivity index (χ0v) is 28.7. The number of pyridine rings is 1. The number of benzene rings is 7. The lowest BCUT2D eigenvalue weighted by atomic mass is 9.94. The highest BCUT2D eigenvalue weighted by Gasteiger charge is 2.18. The summed E-state index contributed by atoms with van der Waals surface area (Å²) in [4.78, 5) is 15.7. The third kappa shape index (κ3) is 4.57. The van der Waals surface area contributed by atoms with Crippen LogP contribution in [0.15, 0.2) is 170 Å².